The van der Waals surface area contributed by atoms with Gasteiger partial charge in [0.15, 0.2) is 0 Å². The van der Waals surface area contributed by atoms with Crippen molar-refractivity contribution < 1.29 is 4.79 Å². The monoisotopic (exact) mass is 384 g/mol. The van der Waals surface area contributed by atoms with Gasteiger partial charge in [0.25, 0.3) is 0 Å². The maximum Gasteiger partial charge on any atom is 0.226 e. The molecule has 1 amide bonds. The molecule has 1 saturated heterocycles. The minimum atomic E-state index is -0.0499. The molecule has 0 bridgehead atoms. The molecular formula is C21H25ClN4O. The van der Waals surface area contributed by atoms with Crippen molar-refractivity contribution in [3.8, 4) is 11.1 Å². The van der Waals surface area contributed by atoms with Gasteiger partial charge in [-0.2, -0.15) is 0 Å². The normalized spacial score (nSPS) is 20.8. The van der Waals surface area contributed by atoms with Crippen molar-refractivity contribution in [2.75, 3.05) is 12.3 Å². The van der Waals surface area contributed by atoms with E-state index in [4.69, 9.17) is 17.3 Å². The van der Waals surface area contributed by atoms with E-state index in [1.165, 1.54) is 0 Å². The van der Waals surface area contributed by atoms with Gasteiger partial charge in [0, 0.05) is 29.2 Å². The van der Waals surface area contributed by atoms with E-state index in [2.05, 4.69) is 14.9 Å². The van der Waals surface area contributed by atoms with Gasteiger partial charge in [-0.15, -0.1) is 0 Å². The summed E-state index contributed by atoms with van der Waals surface area (Å²) in [5.41, 5.74) is 8.64. The maximum absolute atomic E-state index is 13.2. The van der Waals surface area contributed by atoms with E-state index >= 15 is 0 Å². The second kappa shape index (κ2) is 7.85. The Hall–Kier alpha value is -2.14. The number of aromatic nitrogens is 2. The second-order valence-corrected chi connectivity index (χ2v) is 8.00. The Bertz CT molecular complexity index is 835. The molecule has 1 saturated carbocycles. The highest BCUT2D eigenvalue weighted by Crippen LogP contribution is 2.38. The summed E-state index contributed by atoms with van der Waals surface area (Å²) in [6, 6.07) is 7.62. The van der Waals surface area contributed by atoms with Crippen LogP contribution in [0.2, 0.25) is 5.02 Å². The lowest BCUT2D eigenvalue weighted by molar-refractivity contribution is -0.139. The lowest BCUT2D eigenvalue weighted by Crippen LogP contribution is -2.42. The molecule has 1 aromatic heterocycles. The zero-order valence-corrected chi connectivity index (χ0v) is 16.2. The summed E-state index contributed by atoms with van der Waals surface area (Å²) in [5, 5.41) is 0.665. The first-order chi connectivity index (χ1) is 13.1. The Morgan fingerprint density at radius 3 is 2.70 bits per heavy atom. The van der Waals surface area contributed by atoms with Gasteiger partial charge >= 0.3 is 0 Å². The first kappa shape index (κ1) is 18.2. The van der Waals surface area contributed by atoms with Crippen molar-refractivity contribution in [2.24, 2.45) is 5.92 Å². The largest absolute Gasteiger partial charge is 0.368 e. The first-order valence-corrected chi connectivity index (χ1v) is 10.2. The number of carbonyl (C=O) groups excluding carboxylic acids is 1. The van der Waals surface area contributed by atoms with Gasteiger partial charge in [0.05, 0.1) is 11.7 Å². The zero-order valence-electron chi connectivity index (χ0n) is 15.4. The van der Waals surface area contributed by atoms with Crippen molar-refractivity contribution in [3.63, 3.8) is 0 Å². The minimum Gasteiger partial charge on any atom is -0.368 e. The predicted molar refractivity (Wildman–Crippen MR) is 107 cm³/mol. The number of piperidine rings is 1. The Balaban J connectivity index is 1.73. The van der Waals surface area contributed by atoms with Gasteiger partial charge in [0.2, 0.25) is 11.9 Å². The molecule has 2 heterocycles. The molecule has 0 spiro atoms. The summed E-state index contributed by atoms with van der Waals surface area (Å²) in [5.74, 6) is 0.695. The number of anilines is 1. The van der Waals surface area contributed by atoms with E-state index in [0.717, 1.165) is 68.3 Å². The molecule has 1 unspecified atom stereocenters. The lowest BCUT2D eigenvalue weighted by atomic mass is 9.92. The van der Waals surface area contributed by atoms with Crippen LogP contribution in [0, 0.1) is 5.92 Å². The fourth-order valence-electron chi connectivity index (χ4n) is 4.43. The molecule has 1 aromatic carbocycles. The van der Waals surface area contributed by atoms with Gasteiger partial charge < -0.3 is 10.6 Å². The SMILES string of the molecule is Nc1ncc(-c2cccc(Cl)c2)c(C2CCCCN2C(=O)C2CCCC2)n1. The number of rotatable bonds is 3. The molecule has 6 heteroatoms. The molecule has 4 rings (SSSR count). The van der Waals surface area contributed by atoms with Crippen molar-refractivity contribution in [2.45, 2.75) is 51.0 Å². The number of hydrogen-bond donors (Lipinski definition) is 1. The predicted octanol–water partition coefficient (Wildman–Crippen LogP) is 4.62. The summed E-state index contributed by atoms with van der Waals surface area (Å²) in [6.07, 6.45) is 9.12. The summed E-state index contributed by atoms with van der Waals surface area (Å²) in [7, 11) is 0. The van der Waals surface area contributed by atoms with Crippen LogP contribution in [-0.2, 0) is 4.79 Å². The van der Waals surface area contributed by atoms with Crippen LogP contribution >= 0.6 is 11.6 Å². The third-order valence-electron chi connectivity index (χ3n) is 5.78. The molecule has 0 radical (unpaired) electrons. The molecule has 1 atom stereocenters. The number of nitrogen functional groups attached to an aromatic ring is 1. The molecule has 27 heavy (non-hydrogen) atoms. The van der Waals surface area contributed by atoms with E-state index in [0.29, 0.717) is 5.02 Å². The molecular weight excluding hydrogens is 360 g/mol. The van der Waals surface area contributed by atoms with Gasteiger partial charge in [-0.3, -0.25) is 4.79 Å². The molecule has 2 aliphatic rings. The van der Waals surface area contributed by atoms with Crippen LogP contribution in [0.15, 0.2) is 30.5 Å². The first-order valence-electron chi connectivity index (χ1n) is 9.82. The van der Waals surface area contributed by atoms with Gasteiger partial charge in [-0.25, -0.2) is 9.97 Å². The fourth-order valence-corrected chi connectivity index (χ4v) is 4.62. The Kier molecular flexibility index (Phi) is 5.30. The Morgan fingerprint density at radius 2 is 1.93 bits per heavy atom. The zero-order chi connectivity index (χ0) is 18.8. The van der Waals surface area contributed by atoms with E-state index in [1.807, 2.05) is 24.3 Å². The highest BCUT2D eigenvalue weighted by atomic mass is 35.5. The molecule has 1 aliphatic carbocycles. The van der Waals surface area contributed by atoms with Crippen LogP contribution < -0.4 is 5.73 Å². The number of nitrogens with zero attached hydrogens (tertiary/aromatic N) is 3. The number of likely N-dealkylation sites (tertiary alicyclic amines) is 1. The number of carbonyl (C=O) groups is 1. The van der Waals surface area contributed by atoms with Crippen LogP contribution in [0.5, 0.6) is 0 Å². The average molecular weight is 385 g/mol. The van der Waals surface area contributed by atoms with E-state index in [1.54, 1.807) is 6.20 Å². The van der Waals surface area contributed by atoms with Crippen LogP contribution in [0.4, 0.5) is 5.95 Å². The Morgan fingerprint density at radius 1 is 1.15 bits per heavy atom. The number of hydrogen-bond acceptors (Lipinski definition) is 4. The summed E-state index contributed by atoms with van der Waals surface area (Å²) < 4.78 is 0. The highest BCUT2D eigenvalue weighted by molar-refractivity contribution is 6.30. The smallest absolute Gasteiger partial charge is 0.226 e. The third kappa shape index (κ3) is 3.79. The van der Waals surface area contributed by atoms with E-state index in [-0.39, 0.29) is 23.8 Å². The fraction of sp³-hybridized carbons (Fsp3) is 0.476. The van der Waals surface area contributed by atoms with Crippen LogP contribution in [0.3, 0.4) is 0 Å². The lowest BCUT2D eigenvalue weighted by Gasteiger charge is -2.37. The van der Waals surface area contributed by atoms with Crippen molar-refractivity contribution >= 4 is 23.5 Å². The van der Waals surface area contributed by atoms with Crippen molar-refractivity contribution in [1.29, 1.82) is 0 Å². The van der Waals surface area contributed by atoms with Crippen LogP contribution in [0.25, 0.3) is 11.1 Å². The number of amides is 1. The van der Waals surface area contributed by atoms with Crippen LogP contribution in [0.1, 0.15) is 56.7 Å². The van der Waals surface area contributed by atoms with Gasteiger partial charge in [0.1, 0.15) is 0 Å². The molecule has 142 valence electrons. The summed E-state index contributed by atoms with van der Waals surface area (Å²) in [4.78, 5) is 24.1. The highest BCUT2D eigenvalue weighted by Gasteiger charge is 2.35. The van der Waals surface area contributed by atoms with Gasteiger partial charge in [-0.05, 0) is 49.8 Å². The molecule has 2 fully saturated rings. The average Bonchev–Trinajstić information content (AvgIpc) is 3.22. The molecule has 1 aliphatic heterocycles. The number of halogens is 1. The summed E-state index contributed by atoms with van der Waals surface area (Å²) >= 11 is 6.20. The third-order valence-corrected chi connectivity index (χ3v) is 6.01. The maximum atomic E-state index is 13.2. The second-order valence-electron chi connectivity index (χ2n) is 7.56. The van der Waals surface area contributed by atoms with Crippen molar-refractivity contribution in [3.05, 3.63) is 41.2 Å². The molecule has 5 nitrogen and oxygen atoms in total. The number of benzene rings is 1. The Labute approximate surface area is 164 Å². The van der Waals surface area contributed by atoms with Crippen LogP contribution in [-0.4, -0.2) is 27.3 Å². The summed E-state index contributed by atoms with van der Waals surface area (Å²) in [6.45, 7) is 0.791. The quantitative estimate of drug-likeness (QED) is 0.837. The van der Waals surface area contributed by atoms with Crippen molar-refractivity contribution in [1.82, 2.24) is 14.9 Å². The number of nitrogens with two attached hydrogens (primary N) is 1. The topological polar surface area (TPSA) is 72.1 Å². The molecule has 2 aromatic rings. The molecule has 2 N–H and O–H groups in total. The standard InChI is InChI=1S/C21H25ClN4O/c22-16-9-5-8-15(12-16)17-13-24-21(23)25-19(17)18-10-3-4-11-26(18)20(27)14-6-1-2-7-14/h5,8-9,12-14,18H,1-4,6-7,10-11H2,(H2,23,24,25). The van der Waals surface area contributed by atoms with Gasteiger partial charge in [-0.1, -0.05) is 36.6 Å². The van der Waals surface area contributed by atoms with E-state index < -0.39 is 0 Å². The minimum absolute atomic E-state index is 0.0499. The van der Waals surface area contributed by atoms with E-state index in [9.17, 15) is 4.79 Å².